The highest BCUT2D eigenvalue weighted by Crippen LogP contribution is 2.24. The maximum atomic E-state index is 12.3. The van der Waals surface area contributed by atoms with Gasteiger partial charge in [0.25, 0.3) is 0 Å². The standard InChI is InChI=1S/C16H26BrN3O/c1-3-14-16(17)15(20(4-2)19-14)11-13(21)6-5-12-7-9-18-10-8-12/h12,18H,3-11H2,1-2H3. The first kappa shape index (κ1) is 16.7. The van der Waals surface area contributed by atoms with Crippen LogP contribution < -0.4 is 5.32 Å². The van der Waals surface area contributed by atoms with E-state index in [1.807, 2.05) is 4.68 Å². The van der Waals surface area contributed by atoms with E-state index < -0.39 is 0 Å². The van der Waals surface area contributed by atoms with Gasteiger partial charge in [-0.1, -0.05) is 6.92 Å². The van der Waals surface area contributed by atoms with E-state index in [-0.39, 0.29) is 0 Å². The van der Waals surface area contributed by atoms with E-state index in [0.717, 1.165) is 54.3 Å². The fourth-order valence-corrected chi connectivity index (χ4v) is 3.70. The predicted octanol–water partition coefficient (Wildman–Crippen LogP) is 3.12. The third-order valence-electron chi connectivity index (χ3n) is 4.35. The summed E-state index contributed by atoms with van der Waals surface area (Å²) in [4.78, 5) is 12.3. The van der Waals surface area contributed by atoms with Crippen molar-refractivity contribution in [3.63, 3.8) is 0 Å². The van der Waals surface area contributed by atoms with Gasteiger partial charge in [0.1, 0.15) is 5.78 Å². The Morgan fingerprint density at radius 2 is 2.10 bits per heavy atom. The average molecular weight is 356 g/mol. The van der Waals surface area contributed by atoms with E-state index in [9.17, 15) is 4.79 Å². The van der Waals surface area contributed by atoms with Crippen LogP contribution in [0.1, 0.15) is 50.9 Å². The lowest BCUT2D eigenvalue weighted by Crippen LogP contribution is -2.28. The molecular weight excluding hydrogens is 330 g/mol. The smallest absolute Gasteiger partial charge is 0.138 e. The van der Waals surface area contributed by atoms with Gasteiger partial charge < -0.3 is 5.32 Å². The Kier molecular flexibility index (Phi) is 6.42. The number of hydrogen-bond donors (Lipinski definition) is 1. The van der Waals surface area contributed by atoms with Gasteiger partial charge in [-0.2, -0.15) is 5.10 Å². The van der Waals surface area contributed by atoms with E-state index >= 15 is 0 Å². The third-order valence-corrected chi connectivity index (χ3v) is 5.26. The fourth-order valence-electron chi connectivity index (χ4n) is 3.00. The molecular formula is C16H26BrN3O. The van der Waals surface area contributed by atoms with Crippen LogP contribution >= 0.6 is 15.9 Å². The van der Waals surface area contributed by atoms with Crippen molar-refractivity contribution in [1.82, 2.24) is 15.1 Å². The number of hydrogen-bond acceptors (Lipinski definition) is 3. The summed E-state index contributed by atoms with van der Waals surface area (Å²) in [5.74, 6) is 1.06. The van der Waals surface area contributed by atoms with Crippen LogP contribution in [0.4, 0.5) is 0 Å². The van der Waals surface area contributed by atoms with Crippen molar-refractivity contribution in [3.8, 4) is 0 Å². The van der Waals surface area contributed by atoms with Gasteiger partial charge in [-0.3, -0.25) is 9.48 Å². The van der Waals surface area contributed by atoms with Crippen molar-refractivity contribution in [3.05, 3.63) is 15.9 Å². The number of piperidine rings is 1. The van der Waals surface area contributed by atoms with Crippen LogP contribution in [0.3, 0.4) is 0 Å². The van der Waals surface area contributed by atoms with Gasteiger partial charge in [-0.05, 0) is 67.5 Å². The second kappa shape index (κ2) is 8.08. The normalized spacial score (nSPS) is 16.3. The molecule has 0 spiro atoms. The number of halogens is 1. The van der Waals surface area contributed by atoms with E-state index in [4.69, 9.17) is 0 Å². The van der Waals surface area contributed by atoms with Crippen LogP contribution in [0.2, 0.25) is 0 Å². The molecule has 5 heteroatoms. The van der Waals surface area contributed by atoms with Gasteiger partial charge in [0.05, 0.1) is 15.9 Å². The average Bonchev–Trinajstić information content (AvgIpc) is 2.82. The Bertz CT molecular complexity index is 478. The minimum atomic E-state index is 0.339. The molecule has 0 aliphatic carbocycles. The van der Waals surface area contributed by atoms with Crippen LogP contribution in [0.25, 0.3) is 0 Å². The Hall–Kier alpha value is -0.680. The molecule has 0 saturated carbocycles. The summed E-state index contributed by atoms with van der Waals surface area (Å²) < 4.78 is 2.99. The predicted molar refractivity (Wildman–Crippen MR) is 88.5 cm³/mol. The number of Topliss-reactive ketones (excluding diaryl/α,β-unsaturated/α-hetero) is 1. The van der Waals surface area contributed by atoms with E-state index in [1.165, 1.54) is 12.8 Å². The van der Waals surface area contributed by atoms with Crippen molar-refractivity contribution >= 4 is 21.7 Å². The van der Waals surface area contributed by atoms with Crippen LogP contribution in [-0.4, -0.2) is 28.7 Å². The lowest BCUT2D eigenvalue weighted by molar-refractivity contribution is -0.118. The molecule has 0 radical (unpaired) electrons. The number of rotatable bonds is 7. The monoisotopic (exact) mass is 355 g/mol. The van der Waals surface area contributed by atoms with Crippen LogP contribution in [0, 0.1) is 5.92 Å². The summed E-state index contributed by atoms with van der Waals surface area (Å²) >= 11 is 3.62. The van der Waals surface area contributed by atoms with E-state index in [1.54, 1.807) is 0 Å². The second-order valence-corrected chi connectivity index (χ2v) is 6.62. The van der Waals surface area contributed by atoms with Gasteiger partial charge >= 0.3 is 0 Å². The number of nitrogens with one attached hydrogen (secondary N) is 1. The quantitative estimate of drug-likeness (QED) is 0.817. The maximum absolute atomic E-state index is 12.3. The highest BCUT2D eigenvalue weighted by Gasteiger charge is 2.18. The zero-order valence-electron chi connectivity index (χ0n) is 13.1. The molecule has 1 saturated heterocycles. The van der Waals surface area contributed by atoms with Gasteiger partial charge in [0.2, 0.25) is 0 Å². The summed E-state index contributed by atoms with van der Waals surface area (Å²) in [7, 11) is 0. The molecule has 1 aromatic heterocycles. The Morgan fingerprint density at radius 1 is 1.38 bits per heavy atom. The van der Waals surface area contributed by atoms with E-state index in [2.05, 4.69) is 40.2 Å². The Balaban J connectivity index is 1.91. The molecule has 21 heavy (non-hydrogen) atoms. The maximum Gasteiger partial charge on any atom is 0.138 e. The molecule has 0 bridgehead atoms. The van der Waals surface area contributed by atoms with Crippen LogP contribution in [-0.2, 0) is 24.2 Å². The molecule has 2 heterocycles. The highest BCUT2D eigenvalue weighted by molar-refractivity contribution is 9.10. The van der Waals surface area contributed by atoms with Crippen LogP contribution in [0.5, 0.6) is 0 Å². The summed E-state index contributed by atoms with van der Waals surface area (Å²) in [5, 5.41) is 7.93. The molecule has 118 valence electrons. The first-order chi connectivity index (χ1) is 10.2. The first-order valence-corrected chi connectivity index (χ1v) is 8.91. The van der Waals surface area contributed by atoms with Gasteiger partial charge in [0.15, 0.2) is 0 Å². The molecule has 0 unspecified atom stereocenters. The highest BCUT2D eigenvalue weighted by atomic mass is 79.9. The number of aryl methyl sites for hydroxylation is 2. The molecule has 0 amide bonds. The Labute approximate surface area is 135 Å². The summed E-state index contributed by atoms with van der Waals surface area (Å²) in [5.41, 5.74) is 2.10. The SMILES string of the molecule is CCc1nn(CC)c(CC(=O)CCC2CCNCC2)c1Br. The van der Waals surface area contributed by atoms with Crippen molar-refractivity contribution < 1.29 is 4.79 Å². The van der Waals surface area contributed by atoms with Gasteiger partial charge in [0, 0.05) is 19.4 Å². The second-order valence-electron chi connectivity index (χ2n) is 5.82. The molecule has 0 aromatic carbocycles. The van der Waals surface area contributed by atoms with Crippen molar-refractivity contribution in [2.45, 2.75) is 58.9 Å². The number of aromatic nitrogens is 2. The zero-order chi connectivity index (χ0) is 15.2. The van der Waals surface area contributed by atoms with Crippen molar-refractivity contribution in [2.75, 3.05) is 13.1 Å². The number of nitrogens with zero attached hydrogens (tertiary/aromatic N) is 2. The molecule has 0 atom stereocenters. The van der Waals surface area contributed by atoms with Gasteiger partial charge in [-0.15, -0.1) is 0 Å². The topological polar surface area (TPSA) is 46.9 Å². The largest absolute Gasteiger partial charge is 0.317 e. The minimum Gasteiger partial charge on any atom is -0.317 e. The minimum absolute atomic E-state index is 0.339. The van der Waals surface area contributed by atoms with Crippen molar-refractivity contribution in [1.29, 1.82) is 0 Å². The van der Waals surface area contributed by atoms with Crippen molar-refractivity contribution in [2.24, 2.45) is 5.92 Å². The molecule has 1 aromatic rings. The molecule has 2 rings (SSSR count). The summed E-state index contributed by atoms with van der Waals surface area (Å²) in [6, 6.07) is 0. The Morgan fingerprint density at radius 3 is 2.71 bits per heavy atom. The number of carbonyl (C=O) groups excluding carboxylic acids is 1. The number of carbonyl (C=O) groups is 1. The lowest BCUT2D eigenvalue weighted by Gasteiger charge is -2.22. The third kappa shape index (κ3) is 4.39. The molecule has 1 fully saturated rings. The van der Waals surface area contributed by atoms with Crippen LogP contribution in [0.15, 0.2) is 4.47 Å². The molecule has 1 aliphatic heterocycles. The molecule has 4 nitrogen and oxygen atoms in total. The lowest BCUT2D eigenvalue weighted by atomic mass is 9.92. The summed E-state index contributed by atoms with van der Waals surface area (Å²) in [6.45, 7) is 7.19. The van der Waals surface area contributed by atoms with Gasteiger partial charge in [-0.25, -0.2) is 0 Å². The zero-order valence-corrected chi connectivity index (χ0v) is 14.7. The summed E-state index contributed by atoms with van der Waals surface area (Å²) in [6.07, 6.45) is 5.57. The first-order valence-electron chi connectivity index (χ1n) is 8.12. The molecule has 1 aliphatic rings. The fraction of sp³-hybridized carbons (Fsp3) is 0.750. The number of ketones is 1. The molecule has 1 N–H and O–H groups in total. The van der Waals surface area contributed by atoms with E-state index in [0.29, 0.717) is 18.6 Å².